The van der Waals surface area contributed by atoms with Gasteiger partial charge in [0.1, 0.15) is 11.6 Å². The van der Waals surface area contributed by atoms with E-state index in [4.69, 9.17) is 11.6 Å². The van der Waals surface area contributed by atoms with E-state index in [2.05, 4.69) is 0 Å². The van der Waals surface area contributed by atoms with E-state index in [9.17, 15) is 13.6 Å². The van der Waals surface area contributed by atoms with Crippen molar-refractivity contribution in [3.8, 4) is 0 Å². The molecule has 0 aliphatic carbocycles. The molecule has 0 aliphatic heterocycles. The van der Waals surface area contributed by atoms with Crippen molar-refractivity contribution in [1.29, 1.82) is 0 Å². The summed E-state index contributed by atoms with van der Waals surface area (Å²) in [6, 6.07) is 6.72. The average molecular weight is 281 g/mol. The van der Waals surface area contributed by atoms with Gasteiger partial charge in [-0.25, -0.2) is 8.78 Å². The maximum Gasteiger partial charge on any atom is 0.197 e. The van der Waals surface area contributed by atoms with Crippen molar-refractivity contribution >= 4 is 17.4 Å². The Labute approximate surface area is 114 Å². The molecule has 0 spiro atoms. The van der Waals surface area contributed by atoms with Crippen LogP contribution < -0.4 is 0 Å². The minimum absolute atomic E-state index is 0.0203. The van der Waals surface area contributed by atoms with Crippen LogP contribution in [-0.2, 0) is 0 Å². The third-order valence-electron chi connectivity index (χ3n) is 2.86. The number of hydrogen-bond acceptors (Lipinski definition) is 1. The van der Waals surface area contributed by atoms with Gasteiger partial charge in [-0.15, -0.1) is 0 Å². The lowest BCUT2D eigenvalue weighted by Crippen LogP contribution is -2.06. The Morgan fingerprint density at radius 3 is 2.32 bits per heavy atom. The molecule has 0 saturated carbocycles. The van der Waals surface area contributed by atoms with Crippen LogP contribution in [0.3, 0.4) is 0 Å². The highest BCUT2D eigenvalue weighted by Crippen LogP contribution is 2.24. The van der Waals surface area contributed by atoms with E-state index in [0.717, 1.165) is 11.6 Å². The van der Waals surface area contributed by atoms with Gasteiger partial charge in [0.15, 0.2) is 5.78 Å². The third-order valence-corrected chi connectivity index (χ3v) is 3.17. The Morgan fingerprint density at radius 2 is 1.68 bits per heavy atom. The molecule has 2 aromatic carbocycles. The normalized spacial score (nSPS) is 10.6. The van der Waals surface area contributed by atoms with Crippen LogP contribution >= 0.6 is 11.6 Å². The first-order valence-corrected chi connectivity index (χ1v) is 6.04. The average Bonchev–Trinajstić information content (AvgIpc) is 2.33. The second-order valence-corrected chi connectivity index (χ2v) is 4.80. The molecule has 98 valence electrons. The molecule has 19 heavy (non-hydrogen) atoms. The van der Waals surface area contributed by atoms with Gasteiger partial charge in [0, 0.05) is 5.56 Å². The molecule has 0 bridgehead atoms. The van der Waals surface area contributed by atoms with Gasteiger partial charge < -0.3 is 0 Å². The Balaban J connectivity index is 2.53. The standard InChI is InChI=1S/C15H11ClF2O/c1-8-3-4-10(14(18)5-8)15(19)11-6-9(2)13(17)7-12(11)16/h3-7H,1-2H3. The van der Waals surface area contributed by atoms with Crippen LogP contribution in [0.5, 0.6) is 0 Å². The fourth-order valence-electron chi connectivity index (χ4n) is 1.78. The molecule has 1 nitrogen and oxygen atoms in total. The molecule has 0 unspecified atom stereocenters. The highest BCUT2D eigenvalue weighted by molar-refractivity contribution is 6.35. The van der Waals surface area contributed by atoms with Crippen molar-refractivity contribution in [2.24, 2.45) is 0 Å². The van der Waals surface area contributed by atoms with E-state index in [-0.39, 0.29) is 16.1 Å². The quantitative estimate of drug-likeness (QED) is 0.742. The molecule has 2 rings (SSSR count). The van der Waals surface area contributed by atoms with E-state index in [1.165, 1.54) is 25.1 Å². The SMILES string of the molecule is Cc1ccc(C(=O)c2cc(C)c(F)cc2Cl)c(F)c1. The number of hydrogen-bond donors (Lipinski definition) is 0. The van der Waals surface area contributed by atoms with Gasteiger partial charge in [-0.2, -0.15) is 0 Å². The topological polar surface area (TPSA) is 17.1 Å². The number of aryl methyl sites for hydroxylation is 2. The monoisotopic (exact) mass is 280 g/mol. The van der Waals surface area contributed by atoms with Crippen LogP contribution in [0.4, 0.5) is 8.78 Å². The number of ketones is 1. The molecular weight excluding hydrogens is 270 g/mol. The molecule has 0 saturated heterocycles. The lowest BCUT2D eigenvalue weighted by molar-refractivity contribution is 0.103. The van der Waals surface area contributed by atoms with Crippen molar-refractivity contribution in [1.82, 2.24) is 0 Å². The highest BCUT2D eigenvalue weighted by Gasteiger charge is 2.18. The van der Waals surface area contributed by atoms with E-state index in [1.807, 2.05) is 0 Å². The lowest BCUT2D eigenvalue weighted by atomic mass is 10.00. The molecule has 2 aromatic rings. The second kappa shape index (κ2) is 5.10. The smallest absolute Gasteiger partial charge is 0.197 e. The molecule has 0 heterocycles. The van der Waals surface area contributed by atoms with Crippen LogP contribution in [0.25, 0.3) is 0 Å². The predicted molar refractivity (Wildman–Crippen MR) is 70.7 cm³/mol. The molecule has 0 aliphatic rings. The maximum atomic E-state index is 13.8. The molecule has 0 aromatic heterocycles. The Kier molecular flexibility index (Phi) is 3.67. The van der Waals surface area contributed by atoms with Crippen molar-refractivity contribution < 1.29 is 13.6 Å². The van der Waals surface area contributed by atoms with Gasteiger partial charge in [-0.3, -0.25) is 4.79 Å². The predicted octanol–water partition coefficient (Wildman–Crippen LogP) is 4.47. The van der Waals surface area contributed by atoms with Gasteiger partial charge >= 0.3 is 0 Å². The number of carbonyl (C=O) groups excluding carboxylic acids is 1. The minimum atomic E-state index is -0.608. The molecule has 0 radical (unpaired) electrons. The molecule has 0 fully saturated rings. The van der Waals surface area contributed by atoms with E-state index in [0.29, 0.717) is 5.56 Å². The van der Waals surface area contributed by atoms with Crippen molar-refractivity contribution in [3.63, 3.8) is 0 Å². The van der Waals surface area contributed by atoms with Crippen molar-refractivity contribution in [2.45, 2.75) is 13.8 Å². The zero-order valence-electron chi connectivity index (χ0n) is 10.4. The number of carbonyl (C=O) groups is 1. The Morgan fingerprint density at radius 1 is 1.00 bits per heavy atom. The Hall–Kier alpha value is -1.74. The summed E-state index contributed by atoms with van der Waals surface area (Å²) in [5.41, 5.74) is 1.04. The molecule has 0 atom stereocenters. The Bertz CT molecular complexity index is 665. The zero-order chi connectivity index (χ0) is 14.2. The summed E-state index contributed by atoms with van der Waals surface area (Å²) in [6.45, 7) is 3.25. The van der Waals surface area contributed by atoms with E-state index in [1.54, 1.807) is 13.0 Å². The largest absolute Gasteiger partial charge is 0.288 e. The second-order valence-electron chi connectivity index (χ2n) is 4.39. The van der Waals surface area contributed by atoms with Crippen LogP contribution in [0, 0.1) is 25.5 Å². The van der Waals surface area contributed by atoms with Gasteiger partial charge in [-0.1, -0.05) is 17.7 Å². The van der Waals surface area contributed by atoms with Gasteiger partial charge in [0.2, 0.25) is 0 Å². The van der Waals surface area contributed by atoms with Gasteiger partial charge in [0.05, 0.1) is 10.6 Å². The van der Waals surface area contributed by atoms with Crippen molar-refractivity contribution in [3.05, 3.63) is 69.2 Å². The minimum Gasteiger partial charge on any atom is -0.288 e. The van der Waals surface area contributed by atoms with Crippen molar-refractivity contribution in [2.75, 3.05) is 0 Å². The zero-order valence-corrected chi connectivity index (χ0v) is 11.2. The maximum absolute atomic E-state index is 13.8. The third kappa shape index (κ3) is 2.66. The fraction of sp³-hybridized carbons (Fsp3) is 0.133. The van der Waals surface area contributed by atoms with Crippen LogP contribution in [0.1, 0.15) is 27.0 Å². The number of rotatable bonds is 2. The summed E-state index contributed by atoms with van der Waals surface area (Å²) in [4.78, 5) is 12.2. The van der Waals surface area contributed by atoms with Crippen LogP contribution in [0.15, 0.2) is 30.3 Å². The van der Waals surface area contributed by atoms with E-state index < -0.39 is 17.4 Å². The highest BCUT2D eigenvalue weighted by atomic mass is 35.5. The summed E-state index contributed by atoms with van der Waals surface area (Å²) >= 11 is 5.85. The first-order chi connectivity index (χ1) is 8.90. The lowest BCUT2D eigenvalue weighted by Gasteiger charge is -2.07. The van der Waals surface area contributed by atoms with E-state index >= 15 is 0 Å². The molecule has 0 N–H and O–H groups in total. The van der Waals surface area contributed by atoms with Gasteiger partial charge in [-0.05, 0) is 49.2 Å². The van der Waals surface area contributed by atoms with Crippen LogP contribution in [0.2, 0.25) is 5.02 Å². The molecule has 4 heteroatoms. The summed E-state index contributed by atoms with van der Waals surface area (Å²) < 4.78 is 27.0. The summed E-state index contributed by atoms with van der Waals surface area (Å²) in [5.74, 6) is -1.65. The fourth-order valence-corrected chi connectivity index (χ4v) is 2.02. The number of benzene rings is 2. The number of halogens is 3. The van der Waals surface area contributed by atoms with Crippen LogP contribution in [-0.4, -0.2) is 5.78 Å². The molecule has 0 amide bonds. The van der Waals surface area contributed by atoms with Gasteiger partial charge in [0.25, 0.3) is 0 Å². The summed E-state index contributed by atoms with van der Waals surface area (Å²) in [6.07, 6.45) is 0. The molecular formula is C15H11ClF2O. The summed E-state index contributed by atoms with van der Waals surface area (Å²) in [7, 11) is 0. The summed E-state index contributed by atoms with van der Waals surface area (Å²) in [5, 5.41) is -0.0203. The first-order valence-electron chi connectivity index (χ1n) is 5.66. The first kappa shape index (κ1) is 13.7.